The number of nitrogens with one attached hydrogen (secondary N) is 4. The first-order valence-electron chi connectivity index (χ1n) is 29.6. The van der Waals surface area contributed by atoms with Crippen LogP contribution in [-0.2, 0) is 93.5 Å². The second kappa shape index (κ2) is 32.4. The molecule has 88 heavy (non-hydrogen) atoms. The number of carboxylic acid groups (broad SMARTS) is 1. The SMILES string of the molecule is CC[C@@]1(O)C(=O)OCc2c1cc1n(c2=O)Cc2c-1nc1cc(F)c(C)c3c1c2[C@@H](NC(=O)[C@H](C)N(Cc1ccc(NC(=O)[C@H](C)NC(=O)[C@@H](N)C(C)C)cc1C(=O)NCCOCCOCCOCCOCCOCCOCCOCCOC)C(=O)O)CC3. The number of nitrogens with two attached hydrogens (primary N) is 1. The molecule has 7 rings (SSSR count). The standard InChI is InChI=1S/C61H83FN8O18/c1-8-61(79)45-30-49-53-43(33-70(49)58(75)44(45)34-88-59(61)76)51-47(12-11-41-36(4)46(62)31-48(67-53)50(41)51)68-55(72)38(6)69(60(77)78)32-39-9-10-40(66-54(71)37(5)65-57(74)52(63)35(2)3)29-42(39)56(73)64-13-14-81-17-18-83-21-22-85-25-26-87-28-27-86-24-23-84-20-19-82-16-15-80-7/h9-10,29-31,35,37-38,47,52,79H,8,11-28,32-34,63H2,1-7H3,(H,64,73)(H,65,74)(H,66,71)(H,68,72)(H,77,78)/t37-,38-,47-,52-,61-/m0/s1. The Morgan fingerprint density at radius 1 is 0.818 bits per heavy atom. The Labute approximate surface area is 509 Å². The van der Waals surface area contributed by atoms with Crippen LogP contribution >= 0.6 is 0 Å². The molecule has 26 nitrogen and oxygen atoms in total. The zero-order chi connectivity index (χ0) is 63.7. The zero-order valence-electron chi connectivity index (χ0n) is 51.1. The van der Waals surface area contributed by atoms with Gasteiger partial charge >= 0.3 is 12.1 Å². The van der Waals surface area contributed by atoms with E-state index >= 15 is 4.39 Å². The van der Waals surface area contributed by atoms with Crippen LogP contribution in [0.25, 0.3) is 22.3 Å². The highest BCUT2D eigenvalue weighted by molar-refractivity contribution is 6.01. The predicted octanol–water partition coefficient (Wildman–Crippen LogP) is 3.12. The quantitative estimate of drug-likeness (QED) is 0.0224. The highest BCUT2D eigenvalue weighted by atomic mass is 19.1. The van der Waals surface area contributed by atoms with Crippen LogP contribution in [0.2, 0.25) is 0 Å². The fraction of sp³-hybridized carbons (Fsp3) is 0.574. The molecule has 5 atom stereocenters. The number of cyclic esters (lactones) is 1. The lowest BCUT2D eigenvalue weighted by atomic mass is 9.81. The molecule has 4 aromatic rings. The summed E-state index contributed by atoms with van der Waals surface area (Å²) >= 11 is 0. The normalized spacial score (nSPS) is 16.7. The molecule has 0 radical (unpaired) electrons. The molecule has 482 valence electrons. The first kappa shape index (κ1) is 68.4. The number of aromatic nitrogens is 2. The third-order valence-corrected chi connectivity index (χ3v) is 15.7. The molecule has 3 aliphatic rings. The summed E-state index contributed by atoms with van der Waals surface area (Å²) in [5.74, 6) is -4.14. The predicted molar refractivity (Wildman–Crippen MR) is 317 cm³/mol. The highest BCUT2D eigenvalue weighted by Gasteiger charge is 2.46. The number of rotatable bonds is 36. The maximum Gasteiger partial charge on any atom is 0.408 e. The fourth-order valence-electron chi connectivity index (χ4n) is 10.5. The van der Waals surface area contributed by atoms with Crippen molar-refractivity contribution in [2.24, 2.45) is 11.7 Å². The van der Waals surface area contributed by atoms with Crippen molar-refractivity contribution < 1.29 is 86.0 Å². The molecular formula is C61H83FN8O18. The molecule has 0 fully saturated rings. The van der Waals surface area contributed by atoms with Gasteiger partial charge in [0, 0.05) is 47.5 Å². The Morgan fingerprint density at radius 3 is 1.98 bits per heavy atom. The minimum atomic E-state index is -2.10. The summed E-state index contributed by atoms with van der Waals surface area (Å²) in [6, 6.07) is 2.99. The maximum atomic E-state index is 15.7. The lowest BCUT2D eigenvalue weighted by molar-refractivity contribution is -0.172. The minimum Gasteiger partial charge on any atom is -0.465 e. The zero-order valence-corrected chi connectivity index (χ0v) is 51.1. The van der Waals surface area contributed by atoms with E-state index < -0.39 is 83.4 Å². The first-order valence-corrected chi connectivity index (χ1v) is 29.6. The largest absolute Gasteiger partial charge is 0.465 e. The van der Waals surface area contributed by atoms with Gasteiger partial charge in [-0.3, -0.25) is 28.9 Å². The molecular weight excluding hydrogens is 1150 g/mol. The monoisotopic (exact) mass is 1230 g/mol. The molecule has 0 bridgehead atoms. The number of aryl methyl sites for hydroxylation is 1. The number of methoxy groups -OCH3 is 1. The van der Waals surface area contributed by atoms with Gasteiger partial charge in [-0.25, -0.2) is 19.0 Å². The third kappa shape index (κ3) is 16.8. The first-order chi connectivity index (χ1) is 42.2. The van der Waals surface area contributed by atoms with Crippen LogP contribution in [0.5, 0.6) is 0 Å². The molecule has 2 aromatic heterocycles. The number of amides is 5. The number of halogens is 1. The molecule has 0 unspecified atom stereocenters. The van der Waals surface area contributed by atoms with E-state index in [0.29, 0.717) is 119 Å². The van der Waals surface area contributed by atoms with Crippen molar-refractivity contribution >= 4 is 52.3 Å². The van der Waals surface area contributed by atoms with E-state index in [9.17, 15) is 43.8 Å². The summed E-state index contributed by atoms with van der Waals surface area (Å²) < 4.78 is 65.8. The molecule has 5 amide bonds. The highest BCUT2D eigenvalue weighted by Crippen LogP contribution is 2.46. The van der Waals surface area contributed by atoms with Gasteiger partial charge in [0.2, 0.25) is 17.7 Å². The summed E-state index contributed by atoms with van der Waals surface area (Å²) in [7, 11) is 1.62. The molecule has 27 heteroatoms. The van der Waals surface area contributed by atoms with Crippen LogP contribution in [0.15, 0.2) is 35.1 Å². The van der Waals surface area contributed by atoms with E-state index in [1.807, 2.05) is 0 Å². The van der Waals surface area contributed by atoms with Gasteiger partial charge in [-0.15, -0.1) is 0 Å². The van der Waals surface area contributed by atoms with E-state index in [0.717, 1.165) is 4.90 Å². The molecule has 8 N–H and O–H groups in total. The van der Waals surface area contributed by atoms with Gasteiger partial charge in [0.25, 0.3) is 11.5 Å². The Kier molecular flexibility index (Phi) is 25.2. The topological polar surface area (TPSA) is 338 Å². The molecule has 2 aromatic carbocycles. The number of aliphatic hydroxyl groups is 1. The van der Waals surface area contributed by atoms with Crippen LogP contribution in [0.1, 0.15) is 103 Å². The number of ether oxygens (including phenoxy) is 9. The molecule has 0 saturated heterocycles. The number of carbonyl (C=O) groups is 6. The second-order valence-corrected chi connectivity index (χ2v) is 21.9. The van der Waals surface area contributed by atoms with E-state index in [4.69, 9.17) is 53.3 Å². The van der Waals surface area contributed by atoms with Gasteiger partial charge in [0.05, 0.1) is 147 Å². The number of pyridine rings is 2. The number of nitrogens with zero attached hydrogens (tertiary/aromatic N) is 3. The van der Waals surface area contributed by atoms with E-state index in [1.165, 1.54) is 42.7 Å². The maximum absolute atomic E-state index is 15.7. The third-order valence-electron chi connectivity index (χ3n) is 15.7. The van der Waals surface area contributed by atoms with Gasteiger partial charge in [-0.2, -0.15) is 0 Å². The summed E-state index contributed by atoms with van der Waals surface area (Å²) in [4.78, 5) is 101. The summed E-state index contributed by atoms with van der Waals surface area (Å²) in [6.07, 6.45) is -1.01. The number of carbonyl (C=O) groups excluding carboxylic acids is 5. The van der Waals surface area contributed by atoms with Gasteiger partial charge in [-0.05, 0) is 86.4 Å². The number of benzene rings is 2. The van der Waals surface area contributed by atoms with Gasteiger partial charge in [0.15, 0.2) is 5.60 Å². The lowest BCUT2D eigenvalue weighted by Crippen LogP contribution is -2.50. The van der Waals surface area contributed by atoms with Crippen LogP contribution in [0.4, 0.5) is 14.9 Å². The van der Waals surface area contributed by atoms with Crippen LogP contribution in [-0.4, -0.2) is 191 Å². The number of hydrogen-bond donors (Lipinski definition) is 7. The van der Waals surface area contributed by atoms with Gasteiger partial charge in [0.1, 0.15) is 24.5 Å². The van der Waals surface area contributed by atoms with Crippen LogP contribution < -0.4 is 32.6 Å². The Morgan fingerprint density at radius 2 is 1.41 bits per heavy atom. The van der Waals surface area contributed by atoms with Crippen molar-refractivity contribution in [1.29, 1.82) is 0 Å². The fourth-order valence-corrected chi connectivity index (χ4v) is 10.5. The smallest absolute Gasteiger partial charge is 0.408 e. The molecule has 0 saturated carbocycles. The van der Waals surface area contributed by atoms with Crippen molar-refractivity contribution in [3.63, 3.8) is 0 Å². The summed E-state index contributed by atoms with van der Waals surface area (Å²) in [6.45, 7) is 14.5. The molecule has 4 heterocycles. The Balaban J connectivity index is 0.973. The van der Waals surface area contributed by atoms with E-state index in [1.54, 1.807) is 40.9 Å². The van der Waals surface area contributed by atoms with E-state index in [-0.39, 0.29) is 97.4 Å². The van der Waals surface area contributed by atoms with Crippen LogP contribution in [0.3, 0.4) is 0 Å². The Bertz CT molecular complexity index is 3200. The average Bonchev–Trinajstić information content (AvgIpc) is 1.54. The summed E-state index contributed by atoms with van der Waals surface area (Å²) in [5.41, 5.74) is 6.83. The summed E-state index contributed by atoms with van der Waals surface area (Å²) in [5, 5.41) is 34.0. The van der Waals surface area contributed by atoms with Crippen molar-refractivity contribution in [3.05, 3.63) is 91.0 Å². The Hall–Kier alpha value is -7.05. The molecule has 0 spiro atoms. The van der Waals surface area contributed by atoms with Crippen molar-refractivity contribution in [2.75, 3.05) is 118 Å². The van der Waals surface area contributed by atoms with Crippen LogP contribution in [0, 0.1) is 18.7 Å². The number of anilines is 1. The minimum absolute atomic E-state index is 0.0162. The van der Waals surface area contributed by atoms with E-state index in [2.05, 4.69) is 21.3 Å². The number of esters is 1. The average molecular weight is 1240 g/mol. The van der Waals surface area contributed by atoms with Crippen molar-refractivity contribution in [3.8, 4) is 11.4 Å². The molecule has 2 aliphatic heterocycles. The van der Waals surface area contributed by atoms with Gasteiger partial charge in [-0.1, -0.05) is 26.8 Å². The molecule has 1 aliphatic carbocycles. The van der Waals surface area contributed by atoms with Gasteiger partial charge < -0.3 is 84.4 Å². The number of fused-ring (bicyclic) bond motifs is 5. The second-order valence-electron chi connectivity index (χ2n) is 21.9. The van der Waals surface area contributed by atoms with Crippen molar-refractivity contribution in [1.82, 2.24) is 30.4 Å². The van der Waals surface area contributed by atoms with Crippen molar-refractivity contribution in [2.45, 2.75) is 110 Å². The lowest BCUT2D eigenvalue weighted by Gasteiger charge is -2.32. The number of hydrogen-bond acceptors (Lipinski definition) is 19.